The summed E-state index contributed by atoms with van der Waals surface area (Å²) in [5, 5.41) is 10.4. The van der Waals surface area contributed by atoms with Crippen LogP contribution in [0.2, 0.25) is 0 Å². The van der Waals surface area contributed by atoms with Crippen molar-refractivity contribution in [3.8, 4) is 6.07 Å². The van der Waals surface area contributed by atoms with Gasteiger partial charge in [0.15, 0.2) is 4.21 Å². The highest BCUT2D eigenvalue weighted by Crippen LogP contribution is 2.29. The Kier molecular flexibility index (Phi) is 3.39. The van der Waals surface area contributed by atoms with E-state index >= 15 is 0 Å². The Morgan fingerprint density at radius 2 is 2.14 bits per heavy atom. The predicted molar refractivity (Wildman–Crippen MR) is 85.4 cm³/mol. The van der Waals surface area contributed by atoms with E-state index in [-0.39, 0.29) is 4.21 Å². The van der Waals surface area contributed by atoms with Crippen molar-refractivity contribution >= 4 is 38.0 Å². The predicted octanol–water partition coefficient (Wildman–Crippen LogP) is 2.91. The first-order valence-electron chi connectivity index (χ1n) is 6.39. The smallest absolute Gasteiger partial charge is 0.273 e. The van der Waals surface area contributed by atoms with Crippen LogP contribution in [0.3, 0.4) is 0 Å². The minimum Gasteiger partial charge on any atom is -0.358 e. The Balaban J connectivity index is 2.09. The number of H-pyrrole nitrogens is 1. The summed E-state index contributed by atoms with van der Waals surface area (Å²) in [6.07, 6.45) is 1.56. The van der Waals surface area contributed by atoms with Crippen LogP contribution in [0.1, 0.15) is 16.3 Å². The van der Waals surface area contributed by atoms with E-state index in [0.29, 0.717) is 32.9 Å². The minimum absolute atomic E-state index is 0.203. The maximum absolute atomic E-state index is 12.5. The van der Waals surface area contributed by atoms with Crippen molar-refractivity contribution in [3.05, 3.63) is 40.7 Å². The molecule has 0 saturated carbocycles. The standard InChI is InChI=1S/C14H12N4O2S2/c1-8-14(21-9(2)17-8)22(19,20)18-12-5-3-4-11-10(6-15)7-16-13(11)12/h3-5,7,16,18H,1-2H3. The summed E-state index contributed by atoms with van der Waals surface area (Å²) in [7, 11) is -3.71. The van der Waals surface area contributed by atoms with Gasteiger partial charge < -0.3 is 4.98 Å². The minimum atomic E-state index is -3.71. The summed E-state index contributed by atoms with van der Waals surface area (Å²) in [5.74, 6) is 0. The van der Waals surface area contributed by atoms with Gasteiger partial charge in [-0.3, -0.25) is 4.72 Å². The molecule has 0 atom stereocenters. The molecule has 0 bridgehead atoms. The van der Waals surface area contributed by atoms with E-state index in [9.17, 15) is 8.42 Å². The SMILES string of the molecule is Cc1nc(C)c(S(=O)(=O)Nc2cccc3c(C#N)c[nH]c23)s1. The highest BCUT2D eigenvalue weighted by Gasteiger charge is 2.22. The van der Waals surface area contributed by atoms with Gasteiger partial charge in [-0.15, -0.1) is 11.3 Å². The van der Waals surface area contributed by atoms with Crippen LogP contribution in [0.4, 0.5) is 5.69 Å². The molecular weight excluding hydrogens is 320 g/mol. The number of nitrogens with one attached hydrogen (secondary N) is 2. The number of nitriles is 1. The fourth-order valence-corrected chi connectivity index (χ4v) is 4.84. The molecule has 0 spiro atoms. The van der Waals surface area contributed by atoms with Gasteiger partial charge in [0.2, 0.25) is 0 Å². The van der Waals surface area contributed by atoms with Gasteiger partial charge in [-0.2, -0.15) is 5.26 Å². The Morgan fingerprint density at radius 3 is 2.77 bits per heavy atom. The van der Waals surface area contributed by atoms with E-state index in [1.54, 1.807) is 38.2 Å². The molecule has 112 valence electrons. The largest absolute Gasteiger partial charge is 0.358 e. The van der Waals surface area contributed by atoms with Crippen LogP contribution in [-0.2, 0) is 10.0 Å². The van der Waals surface area contributed by atoms with Gasteiger partial charge in [-0.1, -0.05) is 12.1 Å². The first-order chi connectivity index (χ1) is 10.4. The molecule has 0 fully saturated rings. The molecule has 1 aromatic carbocycles. The number of aryl methyl sites for hydroxylation is 2. The molecular formula is C14H12N4O2S2. The number of sulfonamides is 1. The molecule has 2 N–H and O–H groups in total. The molecule has 22 heavy (non-hydrogen) atoms. The number of hydrogen-bond donors (Lipinski definition) is 2. The Hall–Kier alpha value is -2.37. The molecule has 8 heteroatoms. The summed E-state index contributed by atoms with van der Waals surface area (Å²) >= 11 is 1.13. The van der Waals surface area contributed by atoms with E-state index in [4.69, 9.17) is 5.26 Å². The highest BCUT2D eigenvalue weighted by molar-refractivity contribution is 7.94. The second-order valence-electron chi connectivity index (χ2n) is 4.75. The van der Waals surface area contributed by atoms with E-state index in [2.05, 4.69) is 20.8 Å². The Labute approximate surface area is 131 Å². The number of benzene rings is 1. The summed E-state index contributed by atoms with van der Waals surface area (Å²) in [4.78, 5) is 7.09. The molecule has 3 aromatic rings. The molecule has 0 unspecified atom stereocenters. The lowest BCUT2D eigenvalue weighted by atomic mass is 10.2. The first-order valence-corrected chi connectivity index (χ1v) is 8.69. The summed E-state index contributed by atoms with van der Waals surface area (Å²) in [6.45, 7) is 3.43. The zero-order valence-electron chi connectivity index (χ0n) is 11.8. The zero-order valence-corrected chi connectivity index (χ0v) is 13.5. The second-order valence-corrected chi connectivity index (χ2v) is 7.83. The van der Waals surface area contributed by atoms with Crippen LogP contribution < -0.4 is 4.72 Å². The van der Waals surface area contributed by atoms with Crippen LogP contribution >= 0.6 is 11.3 Å². The monoisotopic (exact) mass is 332 g/mol. The van der Waals surface area contributed by atoms with Gasteiger partial charge in [0.05, 0.1) is 27.5 Å². The number of anilines is 1. The van der Waals surface area contributed by atoms with Crippen molar-refractivity contribution in [2.45, 2.75) is 18.1 Å². The topological polar surface area (TPSA) is 98.6 Å². The number of rotatable bonds is 3. The third-order valence-electron chi connectivity index (χ3n) is 3.19. The van der Waals surface area contributed by atoms with Gasteiger partial charge in [0.1, 0.15) is 6.07 Å². The molecule has 6 nitrogen and oxygen atoms in total. The van der Waals surface area contributed by atoms with Gasteiger partial charge in [0, 0.05) is 11.6 Å². The number of thiazole rings is 1. The van der Waals surface area contributed by atoms with Crippen LogP contribution in [0, 0.1) is 25.2 Å². The molecule has 0 saturated heterocycles. The molecule has 0 aliphatic carbocycles. The average molecular weight is 332 g/mol. The molecule has 0 aliphatic rings. The summed E-state index contributed by atoms with van der Waals surface area (Å²) < 4.78 is 27.8. The van der Waals surface area contributed by atoms with E-state index in [1.807, 2.05) is 0 Å². The van der Waals surface area contributed by atoms with Crippen molar-refractivity contribution in [2.24, 2.45) is 0 Å². The maximum Gasteiger partial charge on any atom is 0.273 e. The van der Waals surface area contributed by atoms with Gasteiger partial charge >= 0.3 is 0 Å². The molecule has 0 amide bonds. The Morgan fingerprint density at radius 1 is 1.36 bits per heavy atom. The molecule has 2 aromatic heterocycles. The first kappa shape index (κ1) is 14.6. The fraction of sp³-hybridized carbons (Fsp3) is 0.143. The van der Waals surface area contributed by atoms with E-state index in [0.717, 1.165) is 11.3 Å². The molecule has 3 rings (SSSR count). The van der Waals surface area contributed by atoms with Crippen LogP contribution in [-0.4, -0.2) is 18.4 Å². The molecule has 2 heterocycles. The lowest BCUT2D eigenvalue weighted by molar-refractivity contribution is 0.602. The van der Waals surface area contributed by atoms with E-state index in [1.165, 1.54) is 0 Å². The van der Waals surface area contributed by atoms with Crippen molar-refractivity contribution < 1.29 is 8.42 Å². The van der Waals surface area contributed by atoms with Crippen LogP contribution in [0.25, 0.3) is 10.9 Å². The fourth-order valence-electron chi connectivity index (χ4n) is 2.28. The van der Waals surface area contributed by atoms with Gasteiger partial charge in [-0.05, 0) is 19.9 Å². The average Bonchev–Trinajstić information content (AvgIpc) is 3.02. The number of aromatic nitrogens is 2. The normalized spacial score (nSPS) is 11.5. The van der Waals surface area contributed by atoms with Crippen LogP contribution in [0.5, 0.6) is 0 Å². The number of aromatic amines is 1. The van der Waals surface area contributed by atoms with Crippen molar-refractivity contribution in [1.29, 1.82) is 5.26 Å². The van der Waals surface area contributed by atoms with Crippen molar-refractivity contribution in [2.75, 3.05) is 4.72 Å². The van der Waals surface area contributed by atoms with Gasteiger partial charge in [0.25, 0.3) is 10.0 Å². The summed E-state index contributed by atoms with van der Waals surface area (Å²) in [6, 6.07) is 7.20. The number of fused-ring (bicyclic) bond motifs is 1. The molecule has 0 radical (unpaired) electrons. The maximum atomic E-state index is 12.5. The third-order valence-corrected chi connectivity index (χ3v) is 6.23. The van der Waals surface area contributed by atoms with Gasteiger partial charge in [-0.25, -0.2) is 13.4 Å². The third kappa shape index (κ3) is 2.34. The summed E-state index contributed by atoms with van der Waals surface area (Å²) in [5.41, 5.74) is 1.94. The van der Waals surface area contributed by atoms with Crippen molar-refractivity contribution in [1.82, 2.24) is 9.97 Å². The lowest BCUT2D eigenvalue weighted by Crippen LogP contribution is -2.13. The van der Waals surface area contributed by atoms with E-state index < -0.39 is 10.0 Å². The second kappa shape index (κ2) is 5.12. The number of para-hydroxylation sites is 1. The number of hydrogen-bond acceptors (Lipinski definition) is 5. The zero-order chi connectivity index (χ0) is 15.9. The highest BCUT2D eigenvalue weighted by atomic mass is 32.2. The van der Waals surface area contributed by atoms with Crippen LogP contribution in [0.15, 0.2) is 28.6 Å². The Bertz CT molecular complexity index is 1010. The van der Waals surface area contributed by atoms with Crippen molar-refractivity contribution in [3.63, 3.8) is 0 Å². The number of nitrogens with zero attached hydrogens (tertiary/aromatic N) is 2. The molecule has 0 aliphatic heterocycles. The lowest BCUT2D eigenvalue weighted by Gasteiger charge is -2.08. The quantitative estimate of drug-likeness (QED) is 0.770.